The quantitative estimate of drug-likeness (QED) is 0.315. The van der Waals surface area contributed by atoms with Crippen LogP contribution in [0.1, 0.15) is 11.1 Å². The summed E-state index contributed by atoms with van der Waals surface area (Å²) in [6, 6.07) is 17.8. The third kappa shape index (κ3) is 1.57. The standard InChI is InChI=1S/C21H17NS/c1-12-7-6-9-15-19-18-14-8-4-5-10-16(14)23-17(18)11-13(2)21(19)22(3)20(12)15/h4-11H,1-3H3. The molecule has 3 aromatic carbocycles. The Morgan fingerprint density at radius 2 is 1.52 bits per heavy atom. The van der Waals surface area contributed by atoms with Gasteiger partial charge in [-0.25, -0.2) is 0 Å². The third-order valence-electron chi connectivity index (χ3n) is 5.01. The minimum Gasteiger partial charge on any atom is -0.343 e. The maximum absolute atomic E-state index is 2.38. The molecule has 5 rings (SSSR count). The van der Waals surface area contributed by atoms with Crippen molar-refractivity contribution in [2.45, 2.75) is 13.8 Å². The van der Waals surface area contributed by atoms with Gasteiger partial charge in [0.25, 0.3) is 0 Å². The average molecular weight is 315 g/mol. The zero-order valence-electron chi connectivity index (χ0n) is 13.5. The summed E-state index contributed by atoms with van der Waals surface area (Å²) in [5.41, 5.74) is 5.42. The van der Waals surface area contributed by atoms with E-state index in [1.54, 1.807) is 0 Å². The normalized spacial score (nSPS) is 12.1. The van der Waals surface area contributed by atoms with E-state index < -0.39 is 0 Å². The molecule has 0 unspecified atom stereocenters. The molecule has 0 atom stereocenters. The molecule has 0 saturated heterocycles. The van der Waals surface area contributed by atoms with Crippen molar-refractivity contribution in [2.75, 3.05) is 0 Å². The molecule has 112 valence electrons. The molecule has 0 aliphatic rings. The molecule has 2 heteroatoms. The van der Waals surface area contributed by atoms with Crippen LogP contribution in [0.5, 0.6) is 0 Å². The molecule has 0 aliphatic heterocycles. The number of aromatic nitrogens is 1. The van der Waals surface area contributed by atoms with Gasteiger partial charge in [0.05, 0.1) is 11.0 Å². The lowest BCUT2D eigenvalue weighted by molar-refractivity contribution is 1.00. The molecule has 2 aromatic heterocycles. The SMILES string of the molecule is Cc1cccc2c3c4c(cc(C)c3n(C)c12)sc1ccccc14. The first kappa shape index (κ1) is 13.1. The second-order valence-corrected chi connectivity index (χ2v) is 7.50. The van der Waals surface area contributed by atoms with Crippen LogP contribution in [-0.2, 0) is 7.05 Å². The van der Waals surface area contributed by atoms with E-state index in [1.165, 1.54) is 53.1 Å². The van der Waals surface area contributed by atoms with Crippen LogP contribution < -0.4 is 0 Å². The molecule has 5 aromatic rings. The highest BCUT2D eigenvalue weighted by molar-refractivity contribution is 7.26. The van der Waals surface area contributed by atoms with Crippen LogP contribution in [0.3, 0.4) is 0 Å². The predicted octanol–water partition coefficient (Wildman–Crippen LogP) is 6.32. The summed E-state index contributed by atoms with van der Waals surface area (Å²) in [5, 5.41) is 5.59. The summed E-state index contributed by atoms with van der Waals surface area (Å²) in [7, 11) is 2.20. The summed E-state index contributed by atoms with van der Waals surface area (Å²) in [4.78, 5) is 0. The fraction of sp³-hybridized carbons (Fsp3) is 0.143. The van der Waals surface area contributed by atoms with Crippen LogP contribution >= 0.6 is 11.3 Å². The van der Waals surface area contributed by atoms with Gasteiger partial charge in [-0.1, -0.05) is 36.4 Å². The fourth-order valence-corrected chi connectivity index (χ4v) is 5.33. The van der Waals surface area contributed by atoms with Gasteiger partial charge in [0, 0.05) is 38.0 Å². The number of fused-ring (bicyclic) bond motifs is 7. The molecule has 23 heavy (non-hydrogen) atoms. The van der Waals surface area contributed by atoms with E-state index in [2.05, 4.69) is 74.0 Å². The van der Waals surface area contributed by atoms with Gasteiger partial charge >= 0.3 is 0 Å². The van der Waals surface area contributed by atoms with Crippen molar-refractivity contribution >= 4 is 53.3 Å². The third-order valence-corrected chi connectivity index (χ3v) is 6.13. The maximum atomic E-state index is 2.38. The molecule has 1 nitrogen and oxygen atoms in total. The van der Waals surface area contributed by atoms with Crippen LogP contribution in [0.25, 0.3) is 42.0 Å². The first-order valence-electron chi connectivity index (χ1n) is 7.95. The molecule has 0 fully saturated rings. The Bertz CT molecular complexity index is 1240. The van der Waals surface area contributed by atoms with E-state index in [4.69, 9.17) is 0 Å². The van der Waals surface area contributed by atoms with Gasteiger partial charge in [-0.2, -0.15) is 0 Å². The lowest BCUT2D eigenvalue weighted by Gasteiger charge is -2.04. The van der Waals surface area contributed by atoms with Crippen LogP contribution in [-0.4, -0.2) is 4.57 Å². The zero-order chi connectivity index (χ0) is 15.7. The van der Waals surface area contributed by atoms with Gasteiger partial charge in [0.1, 0.15) is 0 Å². The second-order valence-electron chi connectivity index (χ2n) is 6.42. The number of hydrogen-bond acceptors (Lipinski definition) is 1. The zero-order valence-corrected chi connectivity index (χ0v) is 14.3. The van der Waals surface area contributed by atoms with Gasteiger partial charge in [0.2, 0.25) is 0 Å². The van der Waals surface area contributed by atoms with Crippen LogP contribution in [0, 0.1) is 13.8 Å². The number of para-hydroxylation sites is 1. The summed E-state index contributed by atoms with van der Waals surface area (Å²) >= 11 is 1.90. The fourth-order valence-electron chi connectivity index (χ4n) is 4.12. The number of rotatable bonds is 0. The predicted molar refractivity (Wildman–Crippen MR) is 103 cm³/mol. The van der Waals surface area contributed by atoms with E-state index in [9.17, 15) is 0 Å². The number of thiophene rings is 1. The number of aryl methyl sites for hydroxylation is 3. The number of nitrogens with zero attached hydrogens (tertiary/aromatic N) is 1. The largest absolute Gasteiger partial charge is 0.343 e. The van der Waals surface area contributed by atoms with Crippen LogP contribution in [0.4, 0.5) is 0 Å². The first-order valence-corrected chi connectivity index (χ1v) is 8.77. The molecule has 0 amide bonds. The highest BCUT2D eigenvalue weighted by Crippen LogP contribution is 2.43. The summed E-state index contributed by atoms with van der Waals surface area (Å²) < 4.78 is 5.14. The highest BCUT2D eigenvalue weighted by atomic mass is 32.1. The molecule has 0 aliphatic carbocycles. The van der Waals surface area contributed by atoms with Gasteiger partial charge < -0.3 is 4.57 Å². The molecule has 0 saturated carbocycles. The molecule has 0 spiro atoms. The van der Waals surface area contributed by atoms with E-state index in [0.29, 0.717) is 0 Å². The first-order chi connectivity index (χ1) is 11.2. The summed E-state index contributed by atoms with van der Waals surface area (Å²) in [6.45, 7) is 4.44. The maximum Gasteiger partial charge on any atom is 0.0525 e. The summed E-state index contributed by atoms with van der Waals surface area (Å²) in [6.07, 6.45) is 0. The van der Waals surface area contributed by atoms with Crippen LogP contribution in [0.2, 0.25) is 0 Å². The highest BCUT2D eigenvalue weighted by Gasteiger charge is 2.17. The Kier molecular flexibility index (Phi) is 2.49. The van der Waals surface area contributed by atoms with Crippen molar-refractivity contribution in [1.82, 2.24) is 4.57 Å². The van der Waals surface area contributed by atoms with E-state index in [0.717, 1.165) is 0 Å². The molecule has 2 heterocycles. The minimum absolute atomic E-state index is 1.34. The number of benzene rings is 3. The van der Waals surface area contributed by atoms with Crippen molar-refractivity contribution < 1.29 is 0 Å². The monoisotopic (exact) mass is 315 g/mol. The Labute approximate surface area is 138 Å². The Morgan fingerprint density at radius 3 is 2.39 bits per heavy atom. The van der Waals surface area contributed by atoms with Crippen molar-refractivity contribution in [3.8, 4) is 0 Å². The van der Waals surface area contributed by atoms with Gasteiger partial charge in [-0.05, 0) is 37.1 Å². The van der Waals surface area contributed by atoms with Crippen molar-refractivity contribution in [3.05, 3.63) is 59.7 Å². The summed E-state index contributed by atoms with van der Waals surface area (Å²) in [5.74, 6) is 0. The van der Waals surface area contributed by atoms with Gasteiger partial charge in [-0.15, -0.1) is 11.3 Å². The molecule has 0 bridgehead atoms. The molecule has 0 radical (unpaired) electrons. The van der Waals surface area contributed by atoms with Gasteiger partial charge in [0.15, 0.2) is 0 Å². The van der Waals surface area contributed by atoms with E-state index in [-0.39, 0.29) is 0 Å². The topological polar surface area (TPSA) is 4.93 Å². The minimum atomic E-state index is 1.34. The lowest BCUT2D eigenvalue weighted by atomic mass is 10.0. The smallest absolute Gasteiger partial charge is 0.0525 e. The van der Waals surface area contributed by atoms with Crippen LogP contribution in [0.15, 0.2) is 48.5 Å². The Balaban J connectivity index is 2.23. The number of hydrogen-bond donors (Lipinski definition) is 0. The average Bonchev–Trinajstić information content (AvgIpc) is 3.04. The Hall–Kier alpha value is -2.32. The molecular formula is C21H17NS. The van der Waals surface area contributed by atoms with Crippen molar-refractivity contribution in [2.24, 2.45) is 7.05 Å². The molecule has 0 N–H and O–H groups in total. The molecular weight excluding hydrogens is 298 g/mol. The van der Waals surface area contributed by atoms with Crippen molar-refractivity contribution in [3.63, 3.8) is 0 Å². The van der Waals surface area contributed by atoms with Gasteiger partial charge in [-0.3, -0.25) is 0 Å². The lowest BCUT2D eigenvalue weighted by Crippen LogP contribution is -1.90. The van der Waals surface area contributed by atoms with Crippen molar-refractivity contribution in [1.29, 1.82) is 0 Å². The Morgan fingerprint density at radius 1 is 0.739 bits per heavy atom. The second kappa shape index (κ2) is 4.36. The van der Waals surface area contributed by atoms with E-state index >= 15 is 0 Å². The van der Waals surface area contributed by atoms with E-state index in [1.807, 2.05) is 11.3 Å².